The number of carboxylic acids is 1. The Kier molecular flexibility index (Phi) is 6.12. The molecule has 5 heteroatoms. The third kappa shape index (κ3) is 4.64. The number of likely N-dealkylation sites (tertiary alicyclic amines) is 1. The van der Waals surface area contributed by atoms with Crippen LogP contribution in [-0.2, 0) is 14.3 Å². The number of hydrogen-bond acceptors (Lipinski definition) is 3. The number of piperidine rings is 1. The van der Waals surface area contributed by atoms with E-state index in [9.17, 15) is 9.59 Å². The average Bonchev–Trinajstić information content (AvgIpc) is 2.33. The van der Waals surface area contributed by atoms with Gasteiger partial charge in [0.25, 0.3) is 0 Å². The largest absolute Gasteiger partial charge is 0.481 e. The number of nitrogens with zero attached hydrogens (tertiary/aromatic N) is 1. The number of carbonyl (C=O) groups is 2. The van der Waals surface area contributed by atoms with Crippen LogP contribution in [0.1, 0.15) is 33.1 Å². The number of amides is 1. The predicted molar refractivity (Wildman–Crippen MR) is 67.2 cm³/mol. The van der Waals surface area contributed by atoms with Crippen molar-refractivity contribution in [2.24, 2.45) is 11.8 Å². The summed E-state index contributed by atoms with van der Waals surface area (Å²) in [5.41, 5.74) is 0. The molecule has 5 nitrogen and oxygen atoms in total. The molecule has 0 saturated carbocycles. The van der Waals surface area contributed by atoms with Gasteiger partial charge in [-0.2, -0.15) is 0 Å². The Labute approximate surface area is 108 Å². The van der Waals surface area contributed by atoms with Crippen LogP contribution in [0.4, 0.5) is 0 Å². The van der Waals surface area contributed by atoms with Crippen molar-refractivity contribution in [2.45, 2.75) is 33.1 Å². The van der Waals surface area contributed by atoms with Gasteiger partial charge in [-0.1, -0.05) is 20.3 Å². The summed E-state index contributed by atoms with van der Waals surface area (Å²) in [5, 5.41) is 9.03. The van der Waals surface area contributed by atoms with E-state index in [1.54, 1.807) is 4.90 Å². The highest BCUT2D eigenvalue weighted by Gasteiger charge is 2.31. The van der Waals surface area contributed by atoms with Gasteiger partial charge in [0.15, 0.2) is 0 Å². The lowest BCUT2D eigenvalue weighted by Crippen LogP contribution is -2.46. The second-order valence-electron chi connectivity index (χ2n) is 5.08. The fraction of sp³-hybridized carbons (Fsp3) is 0.846. The standard InChI is InChI=1S/C13H23NO4/c1-3-4-5-18-9-12(15)14-7-10(2)6-11(8-14)13(16)17/h10-11H,3-9H2,1-2H3,(H,16,17). The van der Waals surface area contributed by atoms with Crippen LogP contribution < -0.4 is 0 Å². The molecule has 1 aliphatic rings. The SMILES string of the molecule is CCCCOCC(=O)N1CC(C)CC(C(=O)O)C1. The maximum absolute atomic E-state index is 11.9. The average molecular weight is 257 g/mol. The van der Waals surface area contributed by atoms with Crippen molar-refractivity contribution in [1.82, 2.24) is 4.90 Å². The third-order valence-corrected chi connectivity index (χ3v) is 3.23. The van der Waals surface area contributed by atoms with E-state index in [1.165, 1.54) is 0 Å². The van der Waals surface area contributed by atoms with Gasteiger partial charge in [-0.15, -0.1) is 0 Å². The molecule has 1 heterocycles. The van der Waals surface area contributed by atoms with Crippen molar-refractivity contribution >= 4 is 11.9 Å². The molecule has 0 spiro atoms. The third-order valence-electron chi connectivity index (χ3n) is 3.23. The molecule has 1 rings (SSSR count). The fourth-order valence-electron chi connectivity index (χ4n) is 2.23. The first-order valence-corrected chi connectivity index (χ1v) is 6.62. The Hall–Kier alpha value is -1.10. The normalized spacial score (nSPS) is 24.0. The van der Waals surface area contributed by atoms with Crippen molar-refractivity contribution in [2.75, 3.05) is 26.3 Å². The monoisotopic (exact) mass is 257 g/mol. The zero-order valence-corrected chi connectivity index (χ0v) is 11.2. The number of unbranched alkanes of at least 4 members (excludes halogenated alkanes) is 1. The molecule has 0 aromatic heterocycles. The fourth-order valence-corrected chi connectivity index (χ4v) is 2.23. The molecule has 18 heavy (non-hydrogen) atoms. The zero-order chi connectivity index (χ0) is 13.5. The highest BCUT2D eigenvalue weighted by molar-refractivity contribution is 5.79. The summed E-state index contributed by atoms with van der Waals surface area (Å²) in [5.74, 6) is -1.11. The summed E-state index contributed by atoms with van der Waals surface area (Å²) in [6.07, 6.45) is 2.63. The van der Waals surface area contributed by atoms with Crippen LogP contribution in [0.5, 0.6) is 0 Å². The van der Waals surface area contributed by atoms with Gasteiger partial charge >= 0.3 is 5.97 Å². The van der Waals surface area contributed by atoms with E-state index in [1.807, 2.05) is 6.92 Å². The summed E-state index contributed by atoms with van der Waals surface area (Å²) >= 11 is 0. The molecular formula is C13H23NO4. The van der Waals surface area contributed by atoms with Crippen LogP contribution in [0, 0.1) is 11.8 Å². The first kappa shape index (κ1) is 15.0. The molecule has 0 radical (unpaired) electrons. The molecule has 0 aromatic carbocycles. The van der Waals surface area contributed by atoms with E-state index in [-0.39, 0.29) is 18.4 Å². The number of hydrogen-bond donors (Lipinski definition) is 1. The summed E-state index contributed by atoms with van der Waals surface area (Å²) in [4.78, 5) is 24.5. The maximum Gasteiger partial charge on any atom is 0.308 e. The minimum absolute atomic E-state index is 0.0685. The summed E-state index contributed by atoms with van der Waals surface area (Å²) < 4.78 is 5.28. The zero-order valence-electron chi connectivity index (χ0n) is 11.2. The number of rotatable bonds is 6. The van der Waals surface area contributed by atoms with Gasteiger partial charge in [0.1, 0.15) is 6.61 Å². The van der Waals surface area contributed by atoms with Crippen LogP contribution in [0.25, 0.3) is 0 Å². The molecule has 0 aliphatic carbocycles. The Morgan fingerprint density at radius 2 is 2.11 bits per heavy atom. The minimum atomic E-state index is -0.814. The van der Waals surface area contributed by atoms with E-state index in [0.29, 0.717) is 26.1 Å². The molecule has 1 amide bonds. The van der Waals surface area contributed by atoms with Gasteiger partial charge in [0.05, 0.1) is 5.92 Å². The first-order valence-electron chi connectivity index (χ1n) is 6.62. The van der Waals surface area contributed by atoms with E-state index in [4.69, 9.17) is 9.84 Å². The lowest BCUT2D eigenvalue weighted by molar-refractivity contribution is -0.148. The van der Waals surface area contributed by atoms with Crippen molar-refractivity contribution in [1.29, 1.82) is 0 Å². The number of carboxylic acid groups (broad SMARTS) is 1. The quantitative estimate of drug-likeness (QED) is 0.730. The number of carbonyl (C=O) groups excluding carboxylic acids is 1. The second-order valence-corrected chi connectivity index (χ2v) is 5.08. The molecule has 104 valence electrons. The molecule has 1 fully saturated rings. The Bertz CT molecular complexity index is 293. The topological polar surface area (TPSA) is 66.8 Å². The van der Waals surface area contributed by atoms with Crippen LogP contribution in [0.3, 0.4) is 0 Å². The van der Waals surface area contributed by atoms with Crippen LogP contribution >= 0.6 is 0 Å². The Balaban J connectivity index is 2.39. The number of ether oxygens (including phenoxy) is 1. The lowest BCUT2D eigenvalue weighted by atomic mass is 9.90. The van der Waals surface area contributed by atoms with Gasteiger partial charge in [-0.3, -0.25) is 9.59 Å². The van der Waals surface area contributed by atoms with Crippen molar-refractivity contribution < 1.29 is 19.4 Å². The highest BCUT2D eigenvalue weighted by Crippen LogP contribution is 2.21. The van der Waals surface area contributed by atoms with Crippen LogP contribution in [-0.4, -0.2) is 48.2 Å². The van der Waals surface area contributed by atoms with Gasteiger partial charge in [-0.25, -0.2) is 0 Å². The van der Waals surface area contributed by atoms with Crippen LogP contribution in [0.2, 0.25) is 0 Å². The van der Waals surface area contributed by atoms with E-state index in [0.717, 1.165) is 12.8 Å². The Morgan fingerprint density at radius 1 is 1.39 bits per heavy atom. The lowest BCUT2D eigenvalue weighted by Gasteiger charge is -2.34. The van der Waals surface area contributed by atoms with Gasteiger partial charge in [0, 0.05) is 19.7 Å². The second kappa shape index (κ2) is 7.36. The van der Waals surface area contributed by atoms with Gasteiger partial charge < -0.3 is 14.7 Å². The predicted octanol–water partition coefficient (Wildman–Crippen LogP) is 1.37. The van der Waals surface area contributed by atoms with E-state index >= 15 is 0 Å². The smallest absolute Gasteiger partial charge is 0.308 e. The van der Waals surface area contributed by atoms with Crippen LogP contribution in [0.15, 0.2) is 0 Å². The van der Waals surface area contributed by atoms with Gasteiger partial charge in [0.2, 0.25) is 5.91 Å². The molecule has 0 bridgehead atoms. The maximum atomic E-state index is 11.9. The van der Waals surface area contributed by atoms with E-state index in [2.05, 4.69) is 6.92 Å². The van der Waals surface area contributed by atoms with E-state index < -0.39 is 11.9 Å². The number of aliphatic carboxylic acids is 1. The van der Waals surface area contributed by atoms with Crippen molar-refractivity contribution in [3.05, 3.63) is 0 Å². The summed E-state index contributed by atoms with van der Waals surface area (Å²) in [7, 11) is 0. The molecule has 1 aliphatic heterocycles. The van der Waals surface area contributed by atoms with Crippen molar-refractivity contribution in [3.8, 4) is 0 Å². The first-order chi connectivity index (χ1) is 8.54. The minimum Gasteiger partial charge on any atom is -0.481 e. The molecule has 0 aromatic rings. The summed E-state index contributed by atoms with van der Waals surface area (Å²) in [6.45, 7) is 5.66. The Morgan fingerprint density at radius 3 is 2.72 bits per heavy atom. The van der Waals surface area contributed by atoms with Crippen molar-refractivity contribution in [3.63, 3.8) is 0 Å². The molecular weight excluding hydrogens is 234 g/mol. The highest BCUT2D eigenvalue weighted by atomic mass is 16.5. The molecule has 1 saturated heterocycles. The van der Waals surface area contributed by atoms with Gasteiger partial charge in [-0.05, 0) is 18.8 Å². The molecule has 1 N–H and O–H groups in total. The molecule has 2 atom stereocenters. The summed E-state index contributed by atoms with van der Waals surface area (Å²) in [6, 6.07) is 0. The molecule has 2 unspecified atom stereocenters.